The van der Waals surface area contributed by atoms with Crippen LogP contribution in [-0.4, -0.2) is 24.7 Å². The number of anilines is 4. The highest BCUT2D eigenvalue weighted by molar-refractivity contribution is 6.33. The maximum atomic E-state index is 13.7. The highest BCUT2D eigenvalue weighted by atomic mass is 16.5. The lowest BCUT2D eigenvalue weighted by Gasteiger charge is -2.28. The second kappa shape index (κ2) is 8.62. The summed E-state index contributed by atoms with van der Waals surface area (Å²) >= 11 is 0. The van der Waals surface area contributed by atoms with Crippen LogP contribution in [0.3, 0.4) is 0 Å². The normalized spacial score (nSPS) is 15.5. The number of fused-ring (bicyclic) bond motifs is 2. The number of ketones is 2. The van der Waals surface area contributed by atoms with Crippen LogP contribution in [0, 0.1) is 0 Å². The first-order valence-electron chi connectivity index (χ1n) is 11.4. The van der Waals surface area contributed by atoms with Crippen LogP contribution < -0.4 is 21.1 Å². The molecule has 0 bridgehead atoms. The van der Waals surface area contributed by atoms with Crippen LogP contribution in [0.15, 0.2) is 54.6 Å². The molecule has 0 atom stereocenters. The lowest BCUT2D eigenvalue weighted by molar-refractivity contribution is 0.0981. The Kier molecular flexibility index (Phi) is 5.50. The molecule has 0 aliphatic heterocycles. The van der Waals surface area contributed by atoms with E-state index in [2.05, 4.69) is 10.6 Å². The van der Waals surface area contributed by atoms with Crippen molar-refractivity contribution in [2.24, 2.45) is 0 Å². The van der Waals surface area contributed by atoms with Gasteiger partial charge in [-0.05, 0) is 43.2 Å². The summed E-state index contributed by atoms with van der Waals surface area (Å²) in [5.41, 5.74) is 9.91. The van der Waals surface area contributed by atoms with Crippen LogP contribution in [-0.2, 0) is 0 Å². The zero-order chi connectivity index (χ0) is 22.9. The number of carbonyl (C=O) groups is 2. The van der Waals surface area contributed by atoms with Gasteiger partial charge in [0.25, 0.3) is 0 Å². The van der Waals surface area contributed by atoms with Crippen LogP contribution in [0.5, 0.6) is 5.75 Å². The lowest BCUT2D eigenvalue weighted by atomic mass is 9.81. The molecule has 6 heteroatoms. The SMILES string of the molecule is COc1cccc(Nc2ccc(NC3CCCCC3)c3c2C(=O)c2c(N)cccc2C3=O)c1. The second-order valence-corrected chi connectivity index (χ2v) is 8.67. The largest absolute Gasteiger partial charge is 0.497 e. The fraction of sp³-hybridized carbons (Fsp3) is 0.259. The predicted octanol–water partition coefficient (Wildman–Crippen LogP) is 5.54. The molecule has 0 heterocycles. The molecule has 5 rings (SSSR count). The van der Waals surface area contributed by atoms with E-state index in [1.807, 2.05) is 36.4 Å². The summed E-state index contributed by atoms with van der Waals surface area (Å²) < 4.78 is 5.32. The van der Waals surface area contributed by atoms with Crippen LogP contribution in [0.1, 0.15) is 63.9 Å². The van der Waals surface area contributed by atoms with Crippen LogP contribution in [0.4, 0.5) is 22.7 Å². The van der Waals surface area contributed by atoms with Gasteiger partial charge in [-0.2, -0.15) is 0 Å². The molecule has 6 nitrogen and oxygen atoms in total. The molecule has 0 amide bonds. The van der Waals surface area contributed by atoms with Crippen molar-refractivity contribution in [3.63, 3.8) is 0 Å². The minimum absolute atomic E-state index is 0.181. The molecule has 2 aliphatic rings. The van der Waals surface area contributed by atoms with Crippen molar-refractivity contribution in [3.8, 4) is 5.75 Å². The summed E-state index contributed by atoms with van der Waals surface area (Å²) in [5, 5.41) is 6.88. The van der Waals surface area contributed by atoms with Crippen LogP contribution >= 0.6 is 0 Å². The number of nitrogens with two attached hydrogens (primary N) is 1. The lowest BCUT2D eigenvalue weighted by Crippen LogP contribution is -2.28. The highest BCUT2D eigenvalue weighted by Crippen LogP contribution is 2.40. The third kappa shape index (κ3) is 3.82. The first kappa shape index (κ1) is 21.1. The summed E-state index contributed by atoms with van der Waals surface area (Å²) in [6.45, 7) is 0. The van der Waals surface area contributed by atoms with Crippen molar-refractivity contribution in [1.82, 2.24) is 0 Å². The van der Waals surface area contributed by atoms with Gasteiger partial charge in [-0.1, -0.05) is 37.5 Å². The molecular formula is C27H27N3O3. The van der Waals surface area contributed by atoms with E-state index in [1.165, 1.54) is 19.3 Å². The second-order valence-electron chi connectivity index (χ2n) is 8.67. The van der Waals surface area contributed by atoms with Gasteiger partial charge in [-0.25, -0.2) is 0 Å². The number of rotatable bonds is 5. The molecule has 168 valence electrons. The molecule has 0 spiro atoms. The van der Waals surface area contributed by atoms with Gasteiger partial charge in [0.05, 0.1) is 29.5 Å². The van der Waals surface area contributed by atoms with E-state index in [-0.39, 0.29) is 17.1 Å². The van der Waals surface area contributed by atoms with Gasteiger partial charge in [0.1, 0.15) is 5.75 Å². The standard InChI is InChI=1S/C27H27N3O3/c1-33-18-10-5-9-17(15-18)30-22-14-13-21(29-16-7-3-2-4-8-16)24-25(22)27(32)23-19(26(24)31)11-6-12-20(23)28/h5-6,9-16,29-30H,2-4,7-8,28H2,1H3. The Labute approximate surface area is 193 Å². The van der Waals surface area contributed by atoms with E-state index in [0.29, 0.717) is 45.5 Å². The maximum Gasteiger partial charge on any atom is 0.198 e. The van der Waals surface area contributed by atoms with Crippen molar-refractivity contribution < 1.29 is 14.3 Å². The fourth-order valence-corrected chi connectivity index (χ4v) is 4.89. The predicted molar refractivity (Wildman–Crippen MR) is 131 cm³/mol. The molecule has 33 heavy (non-hydrogen) atoms. The van der Waals surface area contributed by atoms with Crippen LogP contribution in [0.25, 0.3) is 0 Å². The average molecular weight is 442 g/mol. The Morgan fingerprint density at radius 3 is 2.36 bits per heavy atom. The Morgan fingerprint density at radius 2 is 1.58 bits per heavy atom. The van der Waals surface area contributed by atoms with Gasteiger partial charge >= 0.3 is 0 Å². The van der Waals surface area contributed by atoms with Gasteiger partial charge in [-0.15, -0.1) is 0 Å². The quantitative estimate of drug-likeness (QED) is 0.352. The first-order valence-corrected chi connectivity index (χ1v) is 11.4. The molecule has 3 aromatic carbocycles. The molecule has 0 radical (unpaired) electrons. The topological polar surface area (TPSA) is 93.4 Å². The van der Waals surface area contributed by atoms with Gasteiger partial charge in [0.15, 0.2) is 11.6 Å². The Bertz CT molecular complexity index is 1250. The molecule has 3 aromatic rings. The Balaban J connectivity index is 1.63. The number of hydrogen-bond donors (Lipinski definition) is 3. The zero-order valence-corrected chi connectivity index (χ0v) is 18.6. The van der Waals surface area contributed by atoms with Gasteiger partial charge in [-0.3, -0.25) is 9.59 Å². The number of methoxy groups -OCH3 is 1. The van der Waals surface area contributed by atoms with Gasteiger partial charge < -0.3 is 21.1 Å². The minimum Gasteiger partial charge on any atom is -0.497 e. The average Bonchev–Trinajstić information content (AvgIpc) is 2.84. The molecule has 1 saturated carbocycles. The number of nitrogen functional groups attached to an aromatic ring is 1. The van der Waals surface area contributed by atoms with E-state index in [9.17, 15) is 9.59 Å². The molecule has 2 aliphatic carbocycles. The summed E-state index contributed by atoms with van der Waals surface area (Å²) in [6, 6.07) is 16.6. The summed E-state index contributed by atoms with van der Waals surface area (Å²) in [6.07, 6.45) is 5.70. The summed E-state index contributed by atoms with van der Waals surface area (Å²) in [4.78, 5) is 27.4. The smallest absolute Gasteiger partial charge is 0.198 e. The number of ether oxygens (including phenoxy) is 1. The zero-order valence-electron chi connectivity index (χ0n) is 18.6. The molecule has 1 fully saturated rings. The summed E-state index contributed by atoms with van der Waals surface area (Å²) in [7, 11) is 1.61. The fourth-order valence-electron chi connectivity index (χ4n) is 4.89. The molecular weight excluding hydrogens is 414 g/mol. The van der Waals surface area contributed by atoms with Crippen molar-refractivity contribution in [2.45, 2.75) is 38.1 Å². The monoisotopic (exact) mass is 441 g/mol. The number of benzene rings is 3. The van der Waals surface area contributed by atoms with Crippen molar-refractivity contribution in [1.29, 1.82) is 0 Å². The van der Waals surface area contributed by atoms with Crippen molar-refractivity contribution >= 4 is 34.3 Å². The number of carbonyl (C=O) groups excluding carboxylic acids is 2. The van der Waals surface area contributed by atoms with Crippen molar-refractivity contribution in [3.05, 3.63) is 76.9 Å². The number of nitrogens with one attached hydrogen (secondary N) is 2. The highest BCUT2D eigenvalue weighted by Gasteiger charge is 2.35. The first-order chi connectivity index (χ1) is 16.1. The summed E-state index contributed by atoms with van der Waals surface area (Å²) in [5.74, 6) is 0.274. The molecule has 4 N–H and O–H groups in total. The minimum atomic E-state index is -0.240. The van der Waals surface area contributed by atoms with E-state index in [1.54, 1.807) is 25.3 Å². The van der Waals surface area contributed by atoms with E-state index in [0.717, 1.165) is 18.5 Å². The third-order valence-electron chi connectivity index (χ3n) is 6.54. The van der Waals surface area contributed by atoms with Gasteiger partial charge in [0, 0.05) is 34.7 Å². The van der Waals surface area contributed by atoms with E-state index in [4.69, 9.17) is 10.5 Å². The van der Waals surface area contributed by atoms with Gasteiger partial charge in [0.2, 0.25) is 0 Å². The Hall–Kier alpha value is -3.80. The van der Waals surface area contributed by atoms with Crippen LogP contribution in [0.2, 0.25) is 0 Å². The van der Waals surface area contributed by atoms with Crippen molar-refractivity contribution in [2.75, 3.05) is 23.5 Å². The molecule has 0 saturated heterocycles. The Morgan fingerprint density at radius 1 is 0.848 bits per heavy atom. The number of hydrogen-bond acceptors (Lipinski definition) is 6. The molecule has 0 unspecified atom stereocenters. The third-order valence-corrected chi connectivity index (χ3v) is 6.54. The molecule has 0 aromatic heterocycles. The van der Waals surface area contributed by atoms with E-state index >= 15 is 0 Å². The van der Waals surface area contributed by atoms with E-state index < -0.39 is 0 Å². The maximum absolute atomic E-state index is 13.7.